The molecule has 1 aromatic carbocycles. The van der Waals surface area contributed by atoms with Gasteiger partial charge in [-0.05, 0) is 12.5 Å². The molecule has 0 aliphatic carbocycles. The van der Waals surface area contributed by atoms with Gasteiger partial charge < -0.3 is 5.32 Å². The summed E-state index contributed by atoms with van der Waals surface area (Å²) in [6.45, 7) is 5.86. The number of carbonyl (C=O) groups excluding carboxylic acids is 1. The van der Waals surface area contributed by atoms with Crippen molar-refractivity contribution in [3.63, 3.8) is 0 Å². The molecule has 0 bridgehead atoms. The van der Waals surface area contributed by atoms with Crippen LogP contribution in [-0.4, -0.2) is 22.2 Å². The third kappa shape index (κ3) is 3.10. The Morgan fingerprint density at radius 1 is 1.42 bits per heavy atom. The van der Waals surface area contributed by atoms with Gasteiger partial charge in [0.05, 0.1) is 6.20 Å². The number of aromatic nitrogens is 2. The third-order valence-corrected chi connectivity index (χ3v) is 2.91. The van der Waals surface area contributed by atoms with Crippen molar-refractivity contribution in [2.24, 2.45) is 0 Å². The molecule has 1 heterocycles. The zero-order valence-corrected chi connectivity index (χ0v) is 10.9. The lowest BCUT2D eigenvalue weighted by Gasteiger charge is -2.11. The summed E-state index contributed by atoms with van der Waals surface area (Å²) in [6.07, 6.45) is 5.31. The van der Waals surface area contributed by atoms with Crippen LogP contribution >= 0.6 is 0 Å². The zero-order valence-electron chi connectivity index (χ0n) is 10.9. The average molecular weight is 255 g/mol. The Hall–Kier alpha value is -2.36. The molecule has 1 atom stereocenters. The predicted octanol–water partition coefficient (Wildman–Crippen LogP) is 2.41. The molecule has 0 unspecified atom stereocenters. The highest BCUT2D eigenvalue weighted by Crippen LogP contribution is 2.19. The van der Waals surface area contributed by atoms with E-state index in [-0.39, 0.29) is 11.9 Å². The summed E-state index contributed by atoms with van der Waals surface area (Å²) in [5.74, 6) is -0.0670. The minimum Gasteiger partial charge on any atom is -0.351 e. The summed E-state index contributed by atoms with van der Waals surface area (Å²) in [7, 11) is 0. The van der Waals surface area contributed by atoms with Gasteiger partial charge in [-0.3, -0.25) is 9.48 Å². The van der Waals surface area contributed by atoms with Gasteiger partial charge in [0.15, 0.2) is 0 Å². The van der Waals surface area contributed by atoms with E-state index < -0.39 is 0 Å². The Labute approximate surface area is 112 Å². The summed E-state index contributed by atoms with van der Waals surface area (Å²) in [6, 6.07) is 9.63. The van der Waals surface area contributed by atoms with E-state index in [0.29, 0.717) is 6.54 Å². The van der Waals surface area contributed by atoms with Gasteiger partial charge in [0.1, 0.15) is 6.04 Å². The van der Waals surface area contributed by atoms with E-state index in [1.165, 1.54) is 0 Å². The number of nitrogens with one attached hydrogen (secondary N) is 1. The van der Waals surface area contributed by atoms with Crippen LogP contribution in [0.1, 0.15) is 13.0 Å². The molecule has 0 saturated carbocycles. The van der Waals surface area contributed by atoms with Crippen molar-refractivity contribution in [1.29, 1.82) is 0 Å². The number of nitrogens with zero attached hydrogens (tertiary/aromatic N) is 2. The van der Waals surface area contributed by atoms with E-state index in [9.17, 15) is 4.79 Å². The molecule has 19 heavy (non-hydrogen) atoms. The van der Waals surface area contributed by atoms with Crippen LogP contribution in [0.4, 0.5) is 0 Å². The second-order valence-corrected chi connectivity index (χ2v) is 4.28. The molecule has 4 nitrogen and oxygen atoms in total. The summed E-state index contributed by atoms with van der Waals surface area (Å²) >= 11 is 0. The number of carbonyl (C=O) groups is 1. The number of hydrogen-bond acceptors (Lipinski definition) is 2. The Bertz CT molecular complexity index is 560. The largest absolute Gasteiger partial charge is 0.351 e. The van der Waals surface area contributed by atoms with Crippen molar-refractivity contribution in [3.8, 4) is 11.1 Å². The van der Waals surface area contributed by atoms with Crippen molar-refractivity contribution in [2.45, 2.75) is 13.0 Å². The van der Waals surface area contributed by atoms with Crippen molar-refractivity contribution in [1.82, 2.24) is 15.1 Å². The minimum atomic E-state index is -0.336. The van der Waals surface area contributed by atoms with Gasteiger partial charge in [0, 0.05) is 18.3 Å². The maximum atomic E-state index is 11.8. The molecule has 0 radical (unpaired) electrons. The van der Waals surface area contributed by atoms with E-state index >= 15 is 0 Å². The molecule has 98 valence electrons. The van der Waals surface area contributed by atoms with Crippen molar-refractivity contribution >= 4 is 5.91 Å². The Kier molecular flexibility index (Phi) is 4.13. The predicted molar refractivity (Wildman–Crippen MR) is 75.6 cm³/mol. The van der Waals surface area contributed by atoms with Crippen LogP contribution in [-0.2, 0) is 4.79 Å². The lowest BCUT2D eigenvalue weighted by Crippen LogP contribution is -2.31. The van der Waals surface area contributed by atoms with E-state index in [0.717, 1.165) is 11.1 Å². The molecule has 4 heteroatoms. The second-order valence-electron chi connectivity index (χ2n) is 4.28. The third-order valence-electron chi connectivity index (χ3n) is 2.91. The lowest BCUT2D eigenvalue weighted by atomic mass is 10.1. The number of amides is 1. The van der Waals surface area contributed by atoms with Crippen LogP contribution in [0.3, 0.4) is 0 Å². The first-order valence-corrected chi connectivity index (χ1v) is 6.20. The highest BCUT2D eigenvalue weighted by molar-refractivity contribution is 5.80. The van der Waals surface area contributed by atoms with Gasteiger partial charge >= 0.3 is 0 Å². The summed E-state index contributed by atoms with van der Waals surface area (Å²) in [5.41, 5.74) is 2.09. The van der Waals surface area contributed by atoms with E-state index in [1.54, 1.807) is 17.0 Å². The van der Waals surface area contributed by atoms with Gasteiger partial charge in [0.25, 0.3) is 0 Å². The van der Waals surface area contributed by atoms with E-state index in [4.69, 9.17) is 0 Å². The molecule has 1 aromatic heterocycles. The topological polar surface area (TPSA) is 46.9 Å². The first-order valence-electron chi connectivity index (χ1n) is 6.20. The van der Waals surface area contributed by atoms with Crippen molar-refractivity contribution < 1.29 is 4.79 Å². The highest BCUT2D eigenvalue weighted by Gasteiger charge is 2.15. The molecule has 2 aromatic rings. The SMILES string of the molecule is C=CCNC(=O)[C@H](C)n1cc(-c2ccccc2)cn1. The molecule has 2 rings (SSSR count). The smallest absolute Gasteiger partial charge is 0.244 e. The fraction of sp³-hybridized carbons (Fsp3) is 0.200. The molecular formula is C15H17N3O. The number of hydrogen-bond donors (Lipinski definition) is 1. The maximum Gasteiger partial charge on any atom is 0.244 e. The molecule has 1 N–H and O–H groups in total. The van der Waals surface area contributed by atoms with Gasteiger partial charge in [-0.15, -0.1) is 6.58 Å². The molecule has 0 fully saturated rings. The summed E-state index contributed by atoms with van der Waals surface area (Å²) < 4.78 is 1.67. The van der Waals surface area contributed by atoms with Crippen molar-refractivity contribution in [2.75, 3.05) is 6.54 Å². The number of benzene rings is 1. The van der Waals surface area contributed by atoms with Gasteiger partial charge in [-0.25, -0.2) is 0 Å². The van der Waals surface area contributed by atoms with E-state index in [1.807, 2.05) is 43.5 Å². The quantitative estimate of drug-likeness (QED) is 0.834. The van der Waals surface area contributed by atoms with Crippen LogP contribution in [0.15, 0.2) is 55.4 Å². The molecule has 0 aliphatic rings. The van der Waals surface area contributed by atoms with Gasteiger partial charge in [-0.1, -0.05) is 36.4 Å². The monoisotopic (exact) mass is 255 g/mol. The lowest BCUT2D eigenvalue weighted by molar-refractivity contribution is -0.123. The zero-order chi connectivity index (χ0) is 13.7. The van der Waals surface area contributed by atoms with Crippen LogP contribution in [0.25, 0.3) is 11.1 Å². The Morgan fingerprint density at radius 2 is 2.16 bits per heavy atom. The maximum absolute atomic E-state index is 11.8. The Balaban J connectivity index is 2.13. The minimum absolute atomic E-state index is 0.0670. The second kappa shape index (κ2) is 6.00. The molecule has 0 saturated heterocycles. The molecular weight excluding hydrogens is 238 g/mol. The van der Waals surface area contributed by atoms with Crippen LogP contribution < -0.4 is 5.32 Å². The summed E-state index contributed by atoms with van der Waals surface area (Å²) in [5, 5.41) is 7.01. The standard InChI is InChI=1S/C15H17N3O/c1-3-9-16-15(19)12(2)18-11-14(10-17-18)13-7-5-4-6-8-13/h3-8,10-12H,1,9H2,2H3,(H,16,19)/t12-/m0/s1. The van der Waals surface area contributed by atoms with Crippen LogP contribution in [0.2, 0.25) is 0 Å². The Morgan fingerprint density at radius 3 is 2.84 bits per heavy atom. The average Bonchev–Trinajstić information content (AvgIpc) is 2.94. The van der Waals surface area contributed by atoms with Crippen molar-refractivity contribution in [3.05, 3.63) is 55.4 Å². The first-order chi connectivity index (χ1) is 9.22. The van der Waals surface area contributed by atoms with Gasteiger partial charge in [-0.2, -0.15) is 5.10 Å². The highest BCUT2D eigenvalue weighted by atomic mass is 16.2. The van der Waals surface area contributed by atoms with Gasteiger partial charge in [0.2, 0.25) is 5.91 Å². The molecule has 1 amide bonds. The molecule has 0 spiro atoms. The fourth-order valence-electron chi connectivity index (χ4n) is 1.77. The first kappa shape index (κ1) is 13.1. The normalized spacial score (nSPS) is 11.8. The molecule has 0 aliphatic heterocycles. The van der Waals surface area contributed by atoms with Crippen LogP contribution in [0, 0.1) is 0 Å². The number of rotatable bonds is 5. The summed E-state index contributed by atoms with van der Waals surface area (Å²) in [4.78, 5) is 11.8. The van der Waals surface area contributed by atoms with E-state index in [2.05, 4.69) is 17.0 Å². The van der Waals surface area contributed by atoms with Crippen LogP contribution in [0.5, 0.6) is 0 Å². The fourth-order valence-corrected chi connectivity index (χ4v) is 1.77.